The number of hydrogen-bond acceptors (Lipinski definition) is 4. The van der Waals surface area contributed by atoms with Crippen LogP contribution < -0.4 is 0 Å². The lowest BCUT2D eigenvalue weighted by Crippen LogP contribution is -2.06. The van der Waals surface area contributed by atoms with E-state index in [0.717, 1.165) is 24.2 Å². The first-order valence-corrected chi connectivity index (χ1v) is 6.61. The number of nitrogens with zero attached hydrogens (tertiary/aromatic N) is 3. The summed E-state index contributed by atoms with van der Waals surface area (Å²) >= 11 is 0. The van der Waals surface area contributed by atoms with E-state index in [0.29, 0.717) is 12.4 Å². The molecular formula is C14H19N3O2. The van der Waals surface area contributed by atoms with Gasteiger partial charge in [-0.3, -0.25) is 4.79 Å². The molecule has 0 fully saturated rings. The lowest BCUT2D eigenvalue weighted by Gasteiger charge is -2.00. The molecule has 0 saturated carbocycles. The first-order chi connectivity index (χ1) is 9.10. The Hall–Kier alpha value is -1.91. The molecule has 0 aromatic carbocycles. The third-order valence-electron chi connectivity index (χ3n) is 2.86. The number of ketones is 1. The van der Waals surface area contributed by atoms with E-state index in [1.165, 1.54) is 0 Å². The highest BCUT2D eigenvalue weighted by molar-refractivity contribution is 5.97. The number of hydrogen-bond donors (Lipinski definition) is 0. The molecule has 2 heterocycles. The maximum atomic E-state index is 11.8. The predicted molar refractivity (Wildman–Crippen MR) is 71.0 cm³/mol. The smallest absolute Gasteiger partial charge is 0.246 e. The van der Waals surface area contributed by atoms with E-state index >= 15 is 0 Å². The number of carbonyl (C=O) groups is 1. The van der Waals surface area contributed by atoms with Crippen LogP contribution in [0.15, 0.2) is 23.0 Å². The van der Waals surface area contributed by atoms with E-state index in [4.69, 9.17) is 4.52 Å². The van der Waals surface area contributed by atoms with Crippen LogP contribution in [0.3, 0.4) is 0 Å². The van der Waals surface area contributed by atoms with E-state index in [1.54, 1.807) is 0 Å². The molecule has 19 heavy (non-hydrogen) atoms. The Morgan fingerprint density at radius 1 is 1.47 bits per heavy atom. The standard InChI is InChI=1S/C14H19N3O2/c1-4-5-12-15-13(19-16-12)9-17-7-6-11(8-17)14(18)10(2)3/h6-8,10H,4-5,9H2,1-3H3. The van der Waals surface area contributed by atoms with Crippen LogP contribution in [-0.4, -0.2) is 20.5 Å². The topological polar surface area (TPSA) is 60.9 Å². The second-order valence-corrected chi connectivity index (χ2v) is 4.95. The van der Waals surface area contributed by atoms with Crippen LogP contribution in [0.2, 0.25) is 0 Å². The highest BCUT2D eigenvalue weighted by Crippen LogP contribution is 2.10. The van der Waals surface area contributed by atoms with Gasteiger partial charge in [0.05, 0.1) is 0 Å². The summed E-state index contributed by atoms with van der Waals surface area (Å²) < 4.78 is 7.06. The molecule has 2 aromatic rings. The number of Topliss-reactive ketones (excluding diaryl/α,β-unsaturated/α-hetero) is 1. The second kappa shape index (κ2) is 5.82. The second-order valence-electron chi connectivity index (χ2n) is 4.95. The van der Waals surface area contributed by atoms with E-state index in [2.05, 4.69) is 17.1 Å². The van der Waals surface area contributed by atoms with Gasteiger partial charge in [-0.2, -0.15) is 4.98 Å². The van der Waals surface area contributed by atoms with Crippen molar-refractivity contribution in [2.45, 2.75) is 40.2 Å². The summed E-state index contributed by atoms with van der Waals surface area (Å²) in [4.78, 5) is 16.1. The van der Waals surface area contributed by atoms with Crippen LogP contribution >= 0.6 is 0 Å². The maximum absolute atomic E-state index is 11.8. The first-order valence-electron chi connectivity index (χ1n) is 6.61. The van der Waals surface area contributed by atoms with Gasteiger partial charge in [-0.15, -0.1) is 0 Å². The van der Waals surface area contributed by atoms with E-state index < -0.39 is 0 Å². The Bertz CT molecular complexity index is 555. The lowest BCUT2D eigenvalue weighted by molar-refractivity contribution is 0.0939. The van der Waals surface area contributed by atoms with Crippen molar-refractivity contribution in [3.8, 4) is 0 Å². The average molecular weight is 261 g/mol. The molecule has 0 N–H and O–H groups in total. The Kier molecular flexibility index (Phi) is 4.14. The van der Waals surface area contributed by atoms with Crippen LogP contribution in [0.5, 0.6) is 0 Å². The minimum absolute atomic E-state index is 0.00964. The molecule has 0 atom stereocenters. The van der Waals surface area contributed by atoms with Crippen molar-refractivity contribution < 1.29 is 9.32 Å². The molecule has 0 aliphatic heterocycles. The summed E-state index contributed by atoms with van der Waals surface area (Å²) in [5.41, 5.74) is 0.725. The van der Waals surface area contributed by atoms with Crippen molar-refractivity contribution in [3.63, 3.8) is 0 Å². The molecule has 5 nitrogen and oxygen atoms in total. The van der Waals surface area contributed by atoms with Gasteiger partial charge in [0.25, 0.3) is 0 Å². The van der Waals surface area contributed by atoms with Gasteiger partial charge >= 0.3 is 0 Å². The zero-order valence-electron chi connectivity index (χ0n) is 11.6. The first kappa shape index (κ1) is 13.5. The summed E-state index contributed by atoms with van der Waals surface area (Å²) in [7, 11) is 0. The molecule has 0 amide bonds. The summed E-state index contributed by atoms with van der Waals surface area (Å²) in [6.45, 7) is 6.37. The molecule has 102 valence electrons. The summed E-state index contributed by atoms with van der Waals surface area (Å²) in [5.74, 6) is 1.47. The largest absolute Gasteiger partial charge is 0.344 e. The zero-order chi connectivity index (χ0) is 13.8. The molecule has 0 spiro atoms. The number of rotatable bonds is 6. The van der Waals surface area contributed by atoms with Crippen LogP contribution in [0, 0.1) is 5.92 Å². The average Bonchev–Trinajstić information content (AvgIpc) is 2.99. The molecule has 2 aromatic heterocycles. The number of aryl methyl sites for hydroxylation is 1. The normalized spacial score (nSPS) is 11.2. The summed E-state index contributed by atoms with van der Waals surface area (Å²) in [6, 6.07) is 1.83. The Labute approximate surface area is 112 Å². The van der Waals surface area contributed by atoms with E-state index in [-0.39, 0.29) is 11.7 Å². The fraction of sp³-hybridized carbons (Fsp3) is 0.500. The van der Waals surface area contributed by atoms with Gasteiger partial charge in [0.2, 0.25) is 5.89 Å². The van der Waals surface area contributed by atoms with Gasteiger partial charge < -0.3 is 9.09 Å². The van der Waals surface area contributed by atoms with Gasteiger partial charge in [0.1, 0.15) is 6.54 Å². The van der Waals surface area contributed by atoms with E-state index in [9.17, 15) is 4.79 Å². The van der Waals surface area contributed by atoms with Crippen molar-refractivity contribution in [1.82, 2.24) is 14.7 Å². The quantitative estimate of drug-likeness (QED) is 0.750. The monoisotopic (exact) mass is 261 g/mol. The summed E-state index contributed by atoms with van der Waals surface area (Å²) in [6.07, 6.45) is 5.51. The molecule has 2 rings (SSSR count). The predicted octanol–water partition coefficient (Wildman–Crippen LogP) is 2.71. The molecule has 0 aliphatic carbocycles. The highest BCUT2D eigenvalue weighted by Gasteiger charge is 2.12. The van der Waals surface area contributed by atoms with Crippen LogP contribution in [0.4, 0.5) is 0 Å². The van der Waals surface area contributed by atoms with Crippen LogP contribution in [-0.2, 0) is 13.0 Å². The number of aromatic nitrogens is 3. The molecule has 0 aliphatic rings. The minimum Gasteiger partial charge on any atom is -0.344 e. The molecule has 5 heteroatoms. The maximum Gasteiger partial charge on any atom is 0.246 e. The van der Waals surface area contributed by atoms with Crippen molar-refractivity contribution in [1.29, 1.82) is 0 Å². The molecule has 0 bridgehead atoms. The van der Waals surface area contributed by atoms with Crippen molar-refractivity contribution in [3.05, 3.63) is 35.7 Å². The molecular weight excluding hydrogens is 242 g/mol. The fourth-order valence-electron chi connectivity index (χ4n) is 1.85. The Balaban J connectivity index is 2.04. The SMILES string of the molecule is CCCc1noc(Cn2ccc(C(=O)C(C)C)c2)n1. The molecule has 0 unspecified atom stereocenters. The molecule has 0 radical (unpaired) electrons. The van der Waals surface area contributed by atoms with Gasteiger partial charge in [-0.25, -0.2) is 0 Å². The van der Waals surface area contributed by atoms with Crippen molar-refractivity contribution >= 4 is 5.78 Å². The van der Waals surface area contributed by atoms with Crippen molar-refractivity contribution in [2.75, 3.05) is 0 Å². The highest BCUT2D eigenvalue weighted by atomic mass is 16.5. The van der Waals surface area contributed by atoms with Gasteiger partial charge in [-0.1, -0.05) is 25.9 Å². The third-order valence-corrected chi connectivity index (χ3v) is 2.86. The van der Waals surface area contributed by atoms with Gasteiger partial charge in [-0.05, 0) is 12.5 Å². The lowest BCUT2D eigenvalue weighted by atomic mass is 10.0. The fourth-order valence-corrected chi connectivity index (χ4v) is 1.85. The van der Waals surface area contributed by atoms with E-state index in [1.807, 2.05) is 36.9 Å². The van der Waals surface area contributed by atoms with Crippen LogP contribution in [0.25, 0.3) is 0 Å². The van der Waals surface area contributed by atoms with Crippen LogP contribution in [0.1, 0.15) is 49.3 Å². The summed E-state index contributed by atoms with van der Waals surface area (Å²) in [5, 5.41) is 3.91. The Morgan fingerprint density at radius 2 is 2.26 bits per heavy atom. The van der Waals surface area contributed by atoms with Gasteiger partial charge in [0, 0.05) is 30.3 Å². The zero-order valence-corrected chi connectivity index (χ0v) is 11.6. The minimum atomic E-state index is 0.00964. The van der Waals surface area contributed by atoms with Crippen molar-refractivity contribution in [2.24, 2.45) is 5.92 Å². The molecule has 0 saturated heterocycles. The Morgan fingerprint density at radius 3 is 2.95 bits per heavy atom. The number of carbonyl (C=O) groups excluding carboxylic acids is 1. The third kappa shape index (κ3) is 3.30. The van der Waals surface area contributed by atoms with Gasteiger partial charge in [0.15, 0.2) is 11.6 Å².